The Morgan fingerprint density at radius 1 is 0.833 bits per heavy atom. The summed E-state index contributed by atoms with van der Waals surface area (Å²) in [7, 11) is 0. The van der Waals surface area contributed by atoms with Gasteiger partial charge in [0.15, 0.2) is 0 Å². The molecular formula is C26H23NO3. The van der Waals surface area contributed by atoms with E-state index in [-0.39, 0.29) is 17.9 Å². The zero-order valence-electron chi connectivity index (χ0n) is 16.8. The van der Waals surface area contributed by atoms with Gasteiger partial charge in [-0.25, -0.2) is 0 Å². The summed E-state index contributed by atoms with van der Waals surface area (Å²) >= 11 is 0. The number of aryl methyl sites for hydroxylation is 1. The maximum absolute atomic E-state index is 13.0. The number of hydrogen-bond donors (Lipinski definition) is 1. The number of aliphatic hydroxyl groups excluding tert-OH is 1. The zero-order valence-corrected chi connectivity index (χ0v) is 16.8. The number of hydrogen-bond acceptors (Lipinski definition) is 3. The SMILES string of the molecule is CCc1ccc(C2/C(=C(\O)c3ccccc3)C(=O)C(=O)N2Cc2ccccc2)cc1. The van der Waals surface area contributed by atoms with E-state index in [9.17, 15) is 14.7 Å². The second kappa shape index (κ2) is 8.37. The highest BCUT2D eigenvalue weighted by Crippen LogP contribution is 2.40. The molecule has 1 unspecified atom stereocenters. The minimum absolute atomic E-state index is 0.131. The van der Waals surface area contributed by atoms with Gasteiger partial charge in [0.05, 0.1) is 11.6 Å². The minimum atomic E-state index is -0.656. The summed E-state index contributed by atoms with van der Waals surface area (Å²) in [6.45, 7) is 2.36. The van der Waals surface area contributed by atoms with Gasteiger partial charge < -0.3 is 10.0 Å². The first-order chi connectivity index (χ1) is 14.6. The molecule has 3 aromatic rings. The predicted octanol–water partition coefficient (Wildman–Crippen LogP) is 4.87. The second-order valence-corrected chi connectivity index (χ2v) is 7.37. The van der Waals surface area contributed by atoms with Gasteiger partial charge in [-0.3, -0.25) is 9.59 Å². The van der Waals surface area contributed by atoms with Crippen LogP contribution in [0, 0.1) is 0 Å². The van der Waals surface area contributed by atoms with Crippen LogP contribution < -0.4 is 0 Å². The smallest absolute Gasteiger partial charge is 0.295 e. The highest BCUT2D eigenvalue weighted by Gasteiger charge is 2.46. The van der Waals surface area contributed by atoms with E-state index in [0.29, 0.717) is 5.56 Å². The lowest BCUT2D eigenvalue weighted by molar-refractivity contribution is -0.140. The molecule has 0 spiro atoms. The van der Waals surface area contributed by atoms with Crippen LogP contribution in [0.15, 0.2) is 90.5 Å². The molecule has 1 heterocycles. The second-order valence-electron chi connectivity index (χ2n) is 7.37. The number of ketones is 1. The van der Waals surface area contributed by atoms with E-state index in [1.54, 1.807) is 29.2 Å². The number of carbonyl (C=O) groups excluding carboxylic acids is 2. The first-order valence-corrected chi connectivity index (χ1v) is 10.1. The van der Waals surface area contributed by atoms with Crippen molar-refractivity contribution in [1.29, 1.82) is 0 Å². The Labute approximate surface area is 176 Å². The average Bonchev–Trinajstić information content (AvgIpc) is 3.05. The van der Waals surface area contributed by atoms with Crippen LogP contribution >= 0.6 is 0 Å². The lowest BCUT2D eigenvalue weighted by Crippen LogP contribution is -2.29. The molecule has 0 saturated carbocycles. The molecule has 0 radical (unpaired) electrons. The number of Topliss-reactive ketones (excluding diaryl/α,β-unsaturated/α-hetero) is 1. The van der Waals surface area contributed by atoms with Crippen molar-refractivity contribution >= 4 is 17.4 Å². The van der Waals surface area contributed by atoms with E-state index in [1.807, 2.05) is 60.7 Å². The van der Waals surface area contributed by atoms with Crippen LogP contribution in [0.25, 0.3) is 5.76 Å². The summed E-state index contributed by atoms with van der Waals surface area (Å²) in [6, 6.07) is 25.7. The summed E-state index contributed by atoms with van der Waals surface area (Å²) in [6.07, 6.45) is 0.897. The fourth-order valence-corrected chi connectivity index (χ4v) is 3.86. The van der Waals surface area contributed by atoms with Gasteiger partial charge in [0.1, 0.15) is 5.76 Å². The fraction of sp³-hybridized carbons (Fsp3) is 0.154. The minimum Gasteiger partial charge on any atom is -0.507 e. The van der Waals surface area contributed by atoms with Gasteiger partial charge in [-0.05, 0) is 23.1 Å². The van der Waals surface area contributed by atoms with Gasteiger partial charge in [0, 0.05) is 12.1 Å². The van der Waals surface area contributed by atoms with Crippen molar-refractivity contribution in [2.75, 3.05) is 0 Å². The Morgan fingerprint density at radius 2 is 1.43 bits per heavy atom. The van der Waals surface area contributed by atoms with Gasteiger partial charge in [-0.15, -0.1) is 0 Å². The molecular weight excluding hydrogens is 374 g/mol. The Hall–Kier alpha value is -3.66. The standard InChI is InChI=1S/C26H23NO3/c1-2-18-13-15-20(16-14-18)23-22(24(28)21-11-7-4-8-12-21)25(29)26(30)27(23)17-19-9-5-3-6-10-19/h3-16,23,28H,2,17H2,1H3/b24-22+. The number of benzene rings is 3. The number of carbonyl (C=O) groups is 2. The third kappa shape index (κ3) is 3.64. The van der Waals surface area contributed by atoms with Crippen LogP contribution in [0.2, 0.25) is 0 Å². The summed E-state index contributed by atoms with van der Waals surface area (Å²) in [5.41, 5.74) is 3.55. The van der Waals surface area contributed by atoms with E-state index in [1.165, 1.54) is 5.56 Å². The Balaban J connectivity index is 1.85. The van der Waals surface area contributed by atoms with Crippen molar-refractivity contribution in [3.63, 3.8) is 0 Å². The van der Waals surface area contributed by atoms with Gasteiger partial charge in [0.2, 0.25) is 0 Å². The van der Waals surface area contributed by atoms with Crippen LogP contribution in [0.5, 0.6) is 0 Å². The zero-order chi connectivity index (χ0) is 21.1. The van der Waals surface area contributed by atoms with Crippen molar-refractivity contribution < 1.29 is 14.7 Å². The number of likely N-dealkylation sites (tertiary alicyclic amines) is 1. The van der Waals surface area contributed by atoms with Gasteiger partial charge in [-0.2, -0.15) is 0 Å². The Kier molecular flexibility index (Phi) is 5.48. The molecule has 4 rings (SSSR count). The molecule has 30 heavy (non-hydrogen) atoms. The maximum atomic E-state index is 13.0. The molecule has 1 atom stereocenters. The van der Waals surface area contributed by atoms with Crippen molar-refractivity contribution in [1.82, 2.24) is 4.90 Å². The van der Waals surface area contributed by atoms with Crippen molar-refractivity contribution in [3.8, 4) is 0 Å². The van der Waals surface area contributed by atoms with Gasteiger partial charge in [0.25, 0.3) is 11.7 Å². The molecule has 4 heteroatoms. The fourth-order valence-electron chi connectivity index (χ4n) is 3.86. The maximum Gasteiger partial charge on any atom is 0.295 e. The first kappa shape index (κ1) is 19.6. The van der Waals surface area contributed by atoms with Crippen LogP contribution in [-0.4, -0.2) is 21.7 Å². The van der Waals surface area contributed by atoms with E-state index in [2.05, 4.69) is 6.92 Å². The molecule has 1 saturated heterocycles. The topological polar surface area (TPSA) is 57.6 Å². The third-order valence-electron chi connectivity index (χ3n) is 5.49. The third-order valence-corrected chi connectivity index (χ3v) is 5.49. The van der Waals surface area contributed by atoms with Crippen LogP contribution in [0.3, 0.4) is 0 Å². The monoisotopic (exact) mass is 397 g/mol. The Bertz CT molecular complexity index is 1090. The Morgan fingerprint density at radius 3 is 2.03 bits per heavy atom. The number of rotatable bonds is 5. The molecule has 1 fully saturated rings. The van der Waals surface area contributed by atoms with Crippen LogP contribution in [0.1, 0.15) is 35.2 Å². The molecule has 0 aliphatic carbocycles. The largest absolute Gasteiger partial charge is 0.507 e. The molecule has 0 aromatic heterocycles. The van der Waals surface area contributed by atoms with Crippen molar-refractivity contribution in [2.45, 2.75) is 25.9 Å². The highest BCUT2D eigenvalue weighted by atomic mass is 16.3. The summed E-state index contributed by atoms with van der Waals surface area (Å²) in [5.74, 6) is -1.40. The quantitative estimate of drug-likeness (QED) is 0.380. The van der Waals surface area contributed by atoms with E-state index in [0.717, 1.165) is 17.5 Å². The number of amides is 1. The van der Waals surface area contributed by atoms with Crippen molar-refractivity contribution in [3.05, 3.63) is 113 Å². The summed E-state index contributed by atoms with van der Waals surface area (Å²) in [5, 5.41) is 11.0. The van der Waals surface area contributed by atoms with Crippen LogP contribution in [0.4, 0.5) is 0 Å². The first-order valence-electron chi connectivity index (χ1n) is 10.1. The summed E-state index contributed by atoms with van der Waals surface area (Å²) in [4.78, 5) is 27.6. The predicted molar refractivity (Wildman–Crippen MR) is 117 cm³/mol. The summed E-state index contributed by atoms with van der Waals surface area (Å²) < 4.78 is 0. The number of aliphatic hydroxyl groups is 1. The van der Waals surface area contributed by atoms with E-state index in [4.69, 9.17) is 0 Å². The number of nitrogens with zero attached hydrogens (tertiary/aromatic N) is 1. The molecule has 3 aromatic carbocycles. The molecule has 1 aliphatic rings. The molecule has 150 valence electrons. The lowest BCUT2D eigenvalue weighted by Gasteiger charge is -2.25. The van der Waals surface area contributed by atoms with E-state index >= 15 is 0 Å². The molecule has 4 nitrogen and oxygen atoms in total. The normalized spacial score (nSPS) is 18.0. The van der Waals surface area contributed by atoms with E-state index < -0.39 is 17.7 Å². The highest BCUT2D eigenvalue weighted by molar-refractivity contribution is 6.46. The average molecular weight is 397 g/mol. The van der Waals surface area contributed by atoms with Crippen LogP contribution in [-0.2, 0) is 22.6 Å². The lowest BCUT2D eigenvalue weighted by atomic mass is 9.94. The molecule has 1 N–H and O–H groups in total. The van der Waals surface area contributed by atoms with Gasteiger partial charge >= 0.3 is 0 Å². The van der Waals surface area contributed by atoms with Crippen molar-refractivity contribution in [2.24, 2.45) is 0 Å². The molecule has 0 bridgehead atoms. The molecule has 1 aliphatic heterocycles. The molecule has 1 amide bonds. The van der Waals surface area contributed by atoms with Gasteiger partial charge in [-0.1, -0.05) is 91.9 Å².